The molecule has 0 aliphatic rings. The first-order chi connectivity index (χ1) is 9.02. The molecule has 1 heterocycles. The van der Waals surface area contributed by atoms with E-state index in [1.54, 1.807) is 6.20 Å². The lowest BCUT2D eigenvalue weighted by Crippen LogP contribution is -2.04. The predicted octanol–water partition coefficient (Wildman–Crippen LogP) is 4.15. The van der Waals surface area contributed by atoms with Crippen LogP contribution >= 0.6 is 22.9 Å². The molecule has 0 bridgehead atoms. The third kappa shape index (κ3) is 4.29. The van der Waals surface area contributed by atoms with Crippen molar-refractivity contribution in [3.63, 3.8) is 0 Å². The second-order valence-corrected chi connectivity index (χ2v) is 5.18. The fourth-order valence-corrected chi connectivity index (χ4v) is 2.31. The lowest BCUT2D eigenvalue weighted by atomic mass is 10.3. The highest BCUT2D eigenvalue weighted by atomic mass is 35.5. The number of thiazole rings is 1. The highest BCUT2D eigenvalue weighted by molar-refractivity contribution is 7.15. The Morgan fingerprint density at radius 3 is 2.79 bits per heavy atom. The standard InChI is InChI=1S/C11H8ClF3N2OS/c12-10-17-5-9(19-10)4-16-7-1-6(13)2-8(3-7)18-11(14)15/h1-3,5,11,16H,4H2. The second-order valence-electron chi connectivity index (χ2n) is 3.49. The average Bonchev–Trinajstić information content (AvgIpc) is 2.71. The Kier molecular flexibility index (Phi) is 4.49. The topological polar surface area (TPSA) is 34.2 Å². The van der Waals surface area contributed by atoms with Gasteiger partial charge in [0.05, 0.1) is 6.54 Å². The van der Waals surface area contributed by atoms with Gasteiger partial charge in [-0.05, 0) is 6.07 Å². The minimum atomic E-state index is -2.99. The Labute approximate surface area is 116 Å². The van der Waals surface area contributed by atoms with E-state index in [1.165, 1.54) is 23.5 Å². The van der Waals surface area contributed by atoms with Crippen LogP contribution < -0.4 is 10.1 Å². The van der Waals surface area contributed by atoms with E-state index in [0.717, 1.165) is 10.9 Å². The van der Waals surface area contributed by atoms with Crippen molar-refractivity contribution in [3.05, 3.63) is 39.6 Å². The Hall–Kier alpha value is -1.47. The number of nitrogens with zero attached hydrogens (tertiary/aromatic N) is 1. The van der Waals surface area contributed by atoms with Crippen LogP contribution in [0.4, 0.5) is 18.9 Å². The summed E-state index contributed by atoms with van der Waals surface area (Å²) >= 11 is 6.94. The summed E-state index contributed by atoms with van der Waals surface area (Å²) in [4.78, 5) is 4.69. The Morgan fingerprint density at radius 1 is 1.37 bits per heavy atom. The number of ether oxygens (including phenoxy) is 1. The van der Waals surface area contributed by atoms with E-state index in [4.69, 9.17) is 11.6 Å². The van der Waals surface area contributed by atoms with Gasteiger partial charge in [-0.1, -0.05) is 11.6 Å². The monoisotopic (exact) mass is 308 g/mol. The van der Waals surface area contributed by atoms with Crippen molar-refractivity contribution in [2.45, 2.75) is 13.2 Å². The summed E-state index contributed by atoms with van der Waals surface area (Å²) < 4.78 is 41.9. The highest BCUT2D eigenvalue weighted by Crippen LogP contribution is 2.23. The summed E-state index contributed by atoms with van der Waals surface area (Å²) in [5.74, 6) is -0.900. The van der Waals surface area contributed by atoms with E-state index in [2.05, 4.69) is 15.0 Å². The molecule has 0 spiro atoms. The molecular weight excluding hydrogens is 301 g/mol. The van der Waals surface area contributed by atoms with Gasteiger partial charge >= 0.3 is 6.61 Å². The molecule has 2 rings (SSSR count). The van der Waals surface area contributed by atoms with Crippen LogP contribution in [0.1, 0.15) is 4.88 Å². The highest BCUT2D eigenvalue weighted by Gasteiger charge is 2.08. The van der Waals surface area contributed by atoms with E-state index >= 15 is 0 Å². The molecule has 102 valence electrons. The summed E-state index contributed by atoms with van der Waals surface area (Å²) in [6.07, 6.45) is 1.58. The number of anilines is 1. The summed E-state index contributed by atoms with van der Waals surface area (Å²) in [6.45, 7) is -2.63. The number of hydrogen-bond donors (Lipinski definition) is 1. The van der Waals surface area contributed by atoms with E-state index < -0.39 is 12.4 Å². The number of halogens is 4. The van der Waals surface area contributed by atoms with E-state index in [-0.39, 0.29) is 5.75 Å². The zero-order valence-corrected chi connectivity index (χ0v) is 10.9. The third-order valence-electron chi connectivity index (χ3n) is 2.09. The number of rotatable bonds is 5. The molecule has 3 nitrogen and oxygen atoms in total. The molecule has 8 heteroatoms. The molecule has 0 atom stereocenters. The normalized spacial score (nSPS) is 10.8. The van der Waals surface area contributed by atoms with Gasteiger partial charge < -0.3 is 10.1 Å². The van der Waals surface area contributed by atoms with Gasteiger partial charge in [0, 0.05) is 28.9 Å². The van der Waals surface area contributed by atoms with Gasteiger partial charge in [-0.3, -0.25) is 0 Å². The second kappa shape index (κ2) is 6.12. The first kappa shape index (κ1) is 14.0. The Morgan fingerprint density at radius 2 is 2.16 bits per heavy atom. The summed E-state index contributed by atoms with van der Waals surface area (Å²) in [7, 11) is 0. The van der Waals surface area contributed by atoms with E-state index in [0.29, 0.717) is 16.7 Å². The first-order valence-corrected chi connectivity index (χ1v) is 6.32. The van der Waals surface area contributed by atoms with Gasteiger partial charge in [-0.2, -0.15) is 8.78 Å². The van der Waals surface area contributed by atoms with Crippen LogP contribution in [-0.2, 0) is 6.54 Å². The number of benzene rings is 1. The quantitative estimate of drug-likeness (QED) is 0.901. The molecule has 0 amide bonds. The van der Waals surface area contributed by atoms with Crippen LogP contribution in [-0.4, -0.2) is 11.6 Å². The zero-order valence-electron chi connectivity index (χ0n) is 9.37. The largest absolute Gasteiger partial charge is 0.435 e. The van der Waals surface area contributed by atoms with Crippen molar-refractivity contribution in [1.82, 2.24) is 4.98 Å². The molecule has 1 aromatic carbocycles. The summed E-state index contributed by atoms with van der Waals surface area (Å²) in [6, 6.07) is 3.36. The molecule has 0 saturated carbocycles. The maximum Gasteiger partial charge on any atom is 0.387 e. The lowest BCUT2D eigenvalue weighted by molar-refractivity contribution is -0.0499. The molecule has 0 aliphatic carbocycles. The Bertz CT molecular complexity index is 565. The fraction of sp³-hybridized carbons (Fsp3) is 0.182. The zero-order chi connectivity index (χ0) is 13.8. The number of nitrogens with one attached hydrogen (secondary N) is 1. The minimum absolute atomic E-state index is 0.236. The van der Waals surface area contributed by atoms with Crippen molar-refractivity contribution in [3.8, 4) is 5.75 Å². The minimum Gasteiger partial charge on any atom is -0.435 e. The molecule has 0 saturated heterocycles. The molecule has 0 fully saturated rings. The molecule has 2 aromatic rings. The third-order valence-corrected chi connectivity index (χ3v) is 3.20. The Balaban J connectivity index is 2.05. The number of alkyl halides is 2. The van der Waals surface area contributed by atoms with Crippen molar-refractivity contribution in [2.24, 2.45) is 0 Å². The van der Waals surface area contributed by atoms with Gasteiger partial charge in [0.25, 0.3) is 0 Å². The molecular formula is C11H8ClF3N2OS. The molecule has 0 radical (unpaired) electrons. The lowest BCUT2D eigenvalue weighted by Gasteiger charge is -2.09. The molecule has 0 aliphatic heterocycles. The van der Waals surface area contributed by atoms with Crippen LogP contribution in [0.25, 0.3) is 0 Å². The van der Waals surface area contributed by atoms with Crippen LogP contribution in [0.15, 0.2) is 24.4 Å². The van der Waals surface area contributed by atoms with Gasteiger partial charge in [0.1, 0.15) is 11.6 Å². The van der Waals surface area contributed by atoms with E-state index in [9.17, 15) is 13.2 Å². The van der Waals surface area contributed by atoms with Gasteiger partial charge in [-0.25, -0.2) is 9.37 Å². The maximum absolute atomic E-state index is 13.2. The van der Waals surface area contributed by atoms with Gasteiger partial charge in [0.2, 0.25) is 0 Å². The van der Waals surface area contributed by atoms with Gasteiger partial charge in [-0.15, -0.1) is 11.3 Å². The smallest absolute Gasteiger partial charge is 0.387 e. The van der Waals surface area contributed by atoms with Gasteiger partial charge in [0.15, 0.2) is 4.47 Å². The predicted molar refractivity (Wildman–Crippen MR) is 67.5 cm³/mol. The maximum atomic E-state index is 13.2. The SMILES string of the molecule is Fc1cc(NCc2cnc(Cl)s2)cc(OC(F)F)c1. The first-order valence-electron chi connectivity index (χ1n) is 5.12. The number of hydrogen-bond acceptors (Lipinski definition) is 4. The van der Waals surface area contributed by atoms with Crippen molar-refractivity contribution in [2.75, 3.05) is 5.32 Å². The fourth-order valence-electron chi connectivity index (χ4n) is 1.39. The summed E-state index contributed by atoms with van der Waals surface area (Å²) in [5.41, 5.74) is 0.333. The van der Waals surface area contributed by atoms with Crippen molar-refractivity contribution in [1.29, 1.82) is 0 Å². The van der Waals surface area contributed by atoms with Crippen LogP contribution in [0.2, 0.25) is 4.47 Å². The molecule has 1 aromatic heterocycles. The van der Waals surface area contributed by atoms with Crippen molar-refractivity contribution < 1.29 is 17.9 Å². The van der Waals surface area contributed by atoms with Crippen LogP contribution in [0, 0.1) is 5.82 Å². The molecule has 19 heavy (non-hydrogen) atoms. The van der Waals surface area contributed by atoms with E-state index in [1.807, 2.05) is 0 Å². The molecule has 0 unspecified atom stereocenters. The van der Waals surface area contributed by atoms with Crippen LogP contribution in [0.5, 0.6) is 5.75 Å². The number of aromatic nitrogens is 1. The average molecular weight is 309 g/mol. The molecule has 1 N–H and O–H groups in total. The van der Waals surface area contributed by atoms with Crippen LogP contribution in [0.3, 0.4) is 0 Å². The summed E-state index contributed by atoms with van der Waals surface area (Å²) in [5, 5.41) is 2.88. The van der Waals surface area contributed by atoms with Crippen molar-refractivity contribution >= 4 is 28.6 Å².